The highest BCUT2D eigenvalue weighted by molar-refractivity contribution is 6.00. The lowest BCUT2D eigenvalue weighted by Gasteiger charge is -2.10. The van der Waals surface area contributed by atoms with E-state index >= 15 is 0 Å². The molecule has 1 N–H and O–H groups in total. The monoisotopic (exact) mass is 289 g/mol. The zero-order chi connectivity index (χ0) is 15.4. The number of hydrogen-bond donors (Lipinski definition) is 1. The number of carbonyl (C=O) groups excluding carboxylic acids is 1. The quantitative estimate of drug-likeness (QED) is 0.826. The summed E-state index contributed by atoms with van der Waals surface area (Å²) < 4.78 is 7.25. The highest BCUT2D eigenvalue weighted by atomic mass is 16.5. The number of ether oxygens (including phenoxy) is 1. The average Bonchev–Trinajstić information content (AvgIpc) is 2.80. The van der Waals surface area contributed by atoms with Crippen LogP contribution in [0.15, 0.2) is 24.3 Å². The second-order valence-corrected chi connectivity index (χ2v) is 5.39. The van der Waals surface area contributed by atoms with Crippen LogP contribution in [-0.4, -0.2) is 49.7 Å². The van der Waals surface area contributed by atoms with Crippen molar-refractivity contribution in [1.29, 1.82) is 0 Å². The number of aryl methyl sites for hydroxylation is 1. The van der Waals surface area contributed by atoms with Crippen LogP contribution in [0.2, 0.25) is 0 Å². The van der Waals surface area contributed by atoms with E-state index < -0.39 is 0 Å². The average molecular weight is 289 g/mol. The van der Waals surface area contributed by atoms with E-state index in [9.17, 15) is 4.79 Å². The molecule has 5 heteroatoms. The van der Waals surface area contributed by atoms with Gasteiger partial charge in [-0.25, -0.2) is 0 Å². The zero-order valence-electron chi connectivity index (χ0n) is 13.1. The molecule has 114 valence electrons. The normalized spacial score (nSPS) is 11.1. The van der Waals surface area contributed by atoms with E-state index in [0.29, 0.717) is 12.2 Å². The first kappa shape index (κ1) is 15.4. The van der Waals surface area contributed by atoms with Gasteiger partial charge in [-0.15, -0.1) is 0 Å². The van der Waals surface area contributed by atoms with Gasteiger partial charge < -0.3 is 19.5 Å². The van der Waals surface area contributed by atoms with Gasteiger partial charge in [0.15, 0.2) is 0 Å². The van der Waals surface area contributed by atoms with Crippen LogP contribution in [-0.2, 0) is 7.05 Å². The Balaban J connectivity index is 2.14. The predicted molar refractivity (Wildman–Crippen MR) is 85.0 cm³/mol. The highest BCUT2D eigenvalue weighted by Gasteiger charge is 2.15. The number of aromatic nitrogens is 1. The summed E-state index contributed by atoms with van der Waals surface area (Å²) in [7, 11) is 7.59. The molecule has 21 heavy (non-hydrogen) atoms. The van der Waals surface area contributed by atoms with Gasteiger partial charge in [-0.3, -0.25) is 4.79 Å². The topological polar surface area (TPSA) is 46.5 Å². The minimum absolute atomic E-state index is 0.0468. The van der Waals surface area contributed by atoms with Crippen molar-refractivity contribution in [3.05, 3.63) is 30.0 Å². The molecule has 2 aromatic rings. The van der Waals surface area contributed by atoms with Crippen molar-refractivity contribution >= 4 is 16.8 Å². The summed E-state index contributed by atoms with van der Waals surface area (Å²) in [6, 6.07) is 7.71. The fraction of sp³-hybridized carbons (Fsp3) is 0.438. The SMILES string of the molecule is COc1cccc2c1cc(C(=O)NCCCN(C)C)n2C. The molecule has 5 nitrogen and oxygen atoms in total. The molecule has 1 heterocycles. The Morgan fingerprint density at radius 2 is 2.14 bits per heavy atom. The molecule has 0 unspecified atom stereocenters. The second-order valence-electron chi connectivity index (χ2n) is 5.39. The molecule has 1 aromatic heterocycles. The second kappa shape index (κ2) is 6.63. The van der Waals surface area contributed by atoms with Crippen molar-refractivity contribution in [2.75, 3.05) is 34.3 Å². The van der Waals surface area contributed by atoms with E-state index in [1.54, 1.807) is 7.11 Å². The van der Waals surface area contributed by atoms with Gasteiger partial charge in [0.1, 0.15) is 11.4 Å². The molecule has 0 atom stereocenters. The van der Waals surface area contributed by atoms with Crippen LogP contribution in [0.1, 0.15) is 16.9 Å². The molecule has 1 aromatic carbocycles. The van der Waals surface area contributed by atoms with Crippen molar-refractivity contribution in [3.63, 3.8) is 0 Å². The van der Waals surface area contributed by atoms with Gasteiger partial charge in [0, 0.05) is 19.0 Å². The molecule has 0 radical (unpaired) electrons. The summed E-state index contributed by atoms with van der Waals surface area (Å²) in [4.78, 5) is 14.4. The number of nitrogens with one attached hydrogen (secondary N) is 1. The van der Waals surface area contributed by atoms with Crippen LogP contribution >= 0.6 is 0 Å². The number of rotatable bonds is 6. The lowest BCUT2D eigenvalue weighted by atomic mass is 10.2. The Kier molecular flexibility index (Phi) is 4.85. The van der Waals surface area contributed by atoms with E-state index in [1.807, 2.05) is 50.0 Å². The maximum atomic E-state index is 12.3. The van der Waals surface area contributed by atoms with E-state index in [4.69, 9.17) is 4.74 Å². The van der Waals surface area contributed by atoms with Gasteiger partial charge >= 0.3 is 0 Å². The van der Waals surface area contributed by atoms with Crippen LogP contribution in [0.4, 0.5) is 0 Å². The van der Waals surface area contributed by atoms with E-state index in [1.165, 1.54) is 0 Å². The molecule has 0 bridgehead atoms. The van der Waals surface area contributed by atoms with Crippen LogP contribution in [0.5, 0.6) is 5.75 Å². The van der Waals surface area contributed by atoms with Gasteiger partial charge in [0.25, 0.3) is 5.91 Å². The number of fused-ring (bicyclic) bond motifs is 1. The molecular weight excluding hydrogens is 266 g/mol. The number of nitrogens with zero attached hydrogens (tertiary/aromatic N) is 2. The summed E-state index contributed by atoms with van der Waals surface area (Å²) in [6.45, 7) is 1.64. The molecule has 0 aliphatic rings. The summed E-state index contributed by atoms with van der Waals surface area (Å²) in [6.07, 6.45) is 0.937. The molecule has 0 aliphatic heterocycles. The molecule has 0 spiro atoms. The Morgan fingerprint density at radius 3 is 2.81 bits per heavy atom. The van der Waals surface area contributed by atoms with Crippen LogP contribution < -0.4 is 10.1 Å². The lowest BCUT2D eigenvalue weighted by molar-refractivity contribution is 0.0944. The van der Waals surface area contributed by atoms with E-state index in [-0.39, 0.29) is 5.91 Å². The maximum Gasteiger partial charge on any atom is 0.267 e. The fourth-order valence-electron chi connectivity index (χ4n) is 2.42. The first-order valence-corrected chi connectivity index (χ1v) is 7.10. The number of methoxy groups -OCH3 is 1. The Labute approximate surface area is 125 Å². The third kappa shape index (κ3) is 3.36. The summed E-state index contributed by atoms with van der Waals surface area (Å²) in [5.74, 6) is 0.740. The van der Waals surface area contributed by atoms with Gasteiger partial charge in [0.05, 0.1) is 12.6 Å². The van der Waals surface area contributed by atoms with Crippen molar-refractivity contribution in [1.82, 2.24) is 14.8 Å². The lowest BCUT2D eigenvalue weighted by Crippen LogP contribution is -2.28. The van der Waals surface area contributed by atoms with E-state index in [2.05, 4.69) is 10.2 Å². The Morgan fingerprint density at radius 1 is 1.38 bits per heavy atom. The standard InChI is InChI=1S/C16H23N3O2/c1-18(2)10-6-9-17-16(20)14-11-12-13(19(14)3)7-5-8-15(12)21-4/h5,7-8,11H,6,9-10H2,1-4H3,(H,17,20). The van der Waals surface area contributed by atoms with E-state index in [0.717, 1.165) is 29.6 Å². The third-order valence-corrected chi connectivity index (χ3v) is 3.57. The molecule has 2 rings (SSSR count). The van der Waals surface area contributed by atoms with Crippen LogP contribution in [0.25, 0.3) is 10.9 Å². The number of amides is 1. The first-order chi connectivity index (χ1) is 10.0. The fourth-order valence-corrected chi connectivity index (χ4v) is 2.42. The van der Waals surface area contributed by atoms with Gasteiger partial charge in [0.2, 0.25) is 0 Å². The first-order valence-electron chi connectivity index (χ1n) is 7.10. The Hall–Kier alpha value is -2.01. The molecule has 0 saturated heterocycles. The molecular formula is C16H23N3O2. The van der Waals surface area contributed by atoms with Crippen LogP contribution in [0.3, 0.4) is 0 Å². The molecule has 0 aliphatic carbocycles. The number of benzene rings is 1. The number of carbonyl (C=O) groups is 1. The van der Waals surface area contributed by atoms with Gasteiger partial charge in [-0.2, -0.15) is 0 Å². The molecule has 0 saturated carbocycles. The minimum atomic E-state index is -0.0468. The van der Waals surface area contributed by atoms with Crippen molar-refractivity contribution < 1.29 is 9.53 Å². The predicted octanol–water partition coefficient (Wildman–Crippen LogP) is 1.87. The largest absolute Gasteiger partial charge is 0.496 e. The summed E-state index contributed by atoms with van der Waals surface area (Å²) >= 11 is 0. The Bertz CT molecular complexity index is 632. The summed E-state index contributed by atoms with van der Waals surface area (Å²) in [5.41, 5.74) is 1.65. The smallest absolute Gasteiger partial charge is 0.267 e. The third-order valence-electron chi connectivity index (χ3n) is 3.57. The van der Waals surface area contributed by atoms with Crippen LogP contribution in [0, 0.1) is 0 Å². The minimum Gasteiger partial charge on any atom is -0.496 e. The van der Waals surface area contributed by atoms with Gasteiger partial charge in [-0.05, 0) is 45.3 Å². The highest BCUT2D eigenvalue weighted by Crippen LogP contribution is 2.27. The molecule has 1 amide bonds. The van der Waals surface area contributed by atoms with Crippen molar-refractivity contribution in [2.45, 2.75) is 6.42 Å². The maximum absolute atomic E-state index is 12.3. The van der Waals surface area contributed by atoms with Gasteiger partial charge in [-0.1, -0.05) is 6.07 Å². The number of hydrogen-bond acceptors (Lipinski definition) is 3. The summed E-state index contributed by atoms with van der Waals surface area (Å²) in [5, 5.41) is 3.93. The zero-order valence-corrected chi connectivity index (χ0v) is 13.1. The van der Waals surface area contributed by atoms with Crippen molar-refractivity contribution in [3.8, 4) is 5.75 Å². The molecule has 0 fully saturated rings. The van der Waals surface area contributed by atoms with Crippen molar-refractivity contribution in [2.24, 2.45) is 7.05 Å².